The number of carbonyl (C=O) groups excluding carboxylic acids is 1. The minimum Gasteiger partial charge on any atom is -0.497 e. The maximum Gasteiger partial charge on any atom is 0.329 e. The van der Waals surface area contributed by atoms with Crippen LogP contribution in [0.1, 0.15) is 41.0 Å². The van der Waals surface area contributed by atoms with Crippen LogP contribution >= 0.6 is 0 Å². The predicted octanol–water partition coefficient (Wildman–Crippen LogP) is 2.84. The second kappa shape index (κ2) is 6.27. The Kier molecular flexibility index (Phi) is 4.29. The lowest BCUT2D eigenvalue weighted by Crippen LogP contribution is -2.59. The molecule has 3 rings (SSSR count). The van der Waals surface area contributed by atoms with Crippen molar-refractivity contribution in [2.24, 2.45) is 0 Å². The highest BCUT2D eigenvalue weighted by atomic mass is 16.5. The van der Waals surface area contributed by atoms with Crippen LogP contribution in [0.5, 0.6) is 5.75 Å². The molecule has 1 aromatic heterocycles. The number of carboxylic acids is 1. The first-order valence-electron chi connectivity index (χ1n) is 8.27. The van der Waals surface area contributed by atoms with Gasteiger partial charge in [0.2, 0.25) is 0 Å². The van der Waals surface area contributed by atoms with E-state index in [-0.39, 0.29) is 5.91 Å². The summed E-state index contributed by atoms with van der Waals surface area (Å²) < 4.78 is 7.15. The average molecular weight is 342 g/mol. The Morgan fingerprint density at radius 2 is 1.84 bits per heavy atom. The molecular formula is C19H22N2O4. The van der Waals surface area contributed by atoms with E-state index in [1.807, 2.05) is 42.7 Å². The molecule has 1 heterocycles. The Labute approximate surface area is 146 Å². The number of hydrogen-bond acceptors (Lipinski definition) is 3. The van der Waals surface area contributed by atoms with Crippen molar-refractivity contribution >= 4 is 11.9 Å². The minimum absolute atomic E-state index is 0.338. The van der Waals surface area contributed by atoms with E-state index in [0.29, 0.717) is 18.4 Å². The number of methoxy groups -OCH3 is 1. The van der Waals surface area contributed by atoms with Gasteiger partial charge in [0, 0.05) is 17.1 Å². The highest BCUT2D eigenvalue weighted by Gasteiger charge is 2.46. The molecule has 25 heavy (non-hydrogen) atoms. The van der Waals surface area contributed by atoms with Crippen LogP contribution in [-0.4, -0.2) is 34.2 Å². The zero-order valence-corrected chi connectivity index (χ0v) is 14.6. The van der Waals surface area contributed by atoms with Gasteiger partial charge in [0.25, 0.3) is 5.91 Å². The molecular weight excluding hydrogens is 320 g/mol. The van der Waals surface area contributed by atoms with Crippen molar-refractivity contribution in [2.45, 2.75) is 38.6 Å². The molecule has 132 valence electrons. The molecule has 0 aliphatic heterocycles. The smallest absolute Gasteiger partial charge is 0.329 e. The maximum atomic E-state index is 12.7. The van der Waals surface area contributed by atoms with Crippen molar-refractivity contribution in [1.82, 2.24) is 9.88 Å². The number of carboxylic acid groups (broad SMARTS) is 1. The van der Waals surface area contributed by atoms with Gasteiger partial charge < -0.3 is 19.7 Å². The fourth-order valence-electron chi connectivity index (χ4n) is 3.33. The summed E-state index contributed by atoms with van der Waals surface area (Å²) in [5, 5.41) is 12.1. The lowest BCUT2D eigenvalue weighted by Gasteiger charge is -2.38. The van der Waals surface area contributed by atoms with E-state index in [4.69, 9.17) is 4.74 Å². The van der Waals surface area contributed by atoms with Crippen molar-refractivity contribution in [3.63, 3.8) is 0 Å². The molecule has 0 unspecified atom stereocenters. The van der Waals surface area contributed by atoms with Gasteiger partial charge in [0.05, 0.1) is 12.7 Å². The van der Waals surface area contributed by atoms with Crippen molar-refractivity contribution < 1.29 is 19.4 Å². The minimum atomic E-state index is -1.11. The summed E-state index contributed by atoms with van der Waals surface area (Å²) in [6, 6.07) is 9.36. The summed E-state index contributed by atoms with van der Waals surface area (Å²) in [7, 11) is 1.61. The van der Waals surface area contributed by atoms with Crippen LogP contribution in [0, 0.1) is 13.8 Å². The summed E-state index contributed by atoms with van der Waals surface area (Å²) >= 11 is 0. The molecule has 1 aliphatic carbocycles. The van der Waals surface area contributed by atoms with Gasteiger partial charge in [0.15, 0.2) is 0 Å². The van der Waals surface area contributed by atoms with Gasteiger partial charge in [-0.25, -0.2) is 4.79 Å². The summed E-state index contributed by atoms with van der Waals surface area (Å²) in [6.07, 6.45) is 1.77. The summed E-state index contributed by atoms with van der Waals surface area (Å²) in [5.74, 6) is -0.538. The number of amides is 1. The number of aromatic nitrogens is 1. The predicted molar refractivity (Wildman–Crippen MR) is 93.5 cm³/mol. The van der Waals surface area contributed by atoms with E-state index in [0.717, 1.165) is 29.2 Å². The van der Waals surface area contributed by atoms with Crippen LogP contribution in [0.15, 0.2) is 30.3 Å². The van der Waals surface area contributed by atoms with E-state index >= 15 is 0 Å². The van der Waals surface area contributed by atoms with Crippen molar-refractivity contribution in [3.8, 4) is 11.4 Å². The molecule has 1 aromatic carbocycles. The molecule has 0 spiro atoms. The van der Waals surface area contributed by atoms with Crippen LogP contribution in [0.3, 0.4) is 0 Å². The molecule has 1 amide bonds. The van der Waals surface area contributed by atoms with Gasteiger partial charge in [-0.2, -0.15) is 0 Å². The van der Waals surface area contributed by atoms with E-state index in [2.05, 4.69) is 5.32 Å². The van der Waals surface area contributed by atoms with Crippen molar-refractivity contribution in [3.05, 3.63) is 47.3 Å². The number of ether oxygens (including phenoxy) is 1. The van der Waals surface area contributed by atoms with Gasteiger partial charge in [0.1, 0.15) is 11.3 Å². The SMILES string of the molecule is COc1ccc(-n2c(C)cc(C(=O)NC3(C(=O)O)CCC3)c2C)cc1. The molecule has 0 atom stereocenters. The lowest BCUT2D eigenvalue weighted by molar-refractivity contribution is -0.148. The summed E-state index contributed by atoms with van der Waals surface area (Å²) in [5.41, 5.74) is 2.00. The molecule has 1 aliphatic rings. The van der Waals surface area contributed by atoms with E-state index < -0.39 is 11.5 Å². The standard InChI is InChI=1S/C19H22N2O4/c1-12-11-16(17(22)20-19(18(23)24)9-4-10-19)13(2)21(12)14-5-7-15(25-3)8-6-14/h5-8,11H,4,9-10H2,1-3H3,(H,20,22)(H,23,24). The Hall–Kier alpha value is -2.76. The number of nitrogens with zero attached hydrogens (tertiary/aromatic N) is 1. The monoisotopic (exact) mass is 342 g/mol. The molecule has 0 bridgehead atoms. The Morgan fingerprint density at radius 1 is 1.20 bits per heavy atom. The summed E-state index contributed by atoms with van der Waals surface area (Å²) in [4.78, 5) is 24.1. The number of benzene rings is 1. The van der Waals surface area contributed by atoms with Crippen molar-refractivity contribution in [1.29, 1.82) is 0 Å². The fourth-order valence-corrected chi connectivity index (χ4v) is 3.33. The van der Waals surface area contributed by atoms with Gasteiger partial charge in [-0.05, 0) is 63.4 Å². The largest absolute Gasteiger partial charge is 0.497 e. The van der Waals surface area contributed by atoms with Gasteiger partial charge in [-0.1, -0.05) is 0 Å². The van der Waals surface area contributed by atoms with Gasteiger partial charge in [-0.15, -0.1) is 0 Å². The zero-order chi connectivity index (χ0) is 18.2. The van der Waals surface area contributed by atoms with Crippen LogP contribution < -0.4 is 10.1 Å². The first kappa shape index (κ1) is 17.1. The number of hydrogen-bond donors (Lipinski definition) is 2. The molecule has 6 heteroatoms. The number of nitrogens with one attached hydrogen (secondary N) is 1. The van der Waals surface area contributed by atoms with Crippen LogP contribution in [-0.2, 0) is 4.79 Å². The quantitative estimate of drug-likeness (QED) is 0.875. The number of aryl methyl sites for hydroxylation is 1. The first-order chi connectivity index (χ1) is 11.9. The van der Waals surface area contributed by atoms with E-state index in [9.17, 15) is 14.7 Å². The highest BCUT2D eigenvalue weighted by Crippen LogP contribution is 2.33. The Morgan fingerprint density at radius 3 is 2.32 bits per heavy atom. The third kappa shape index (κ3) is 2.88. The van der Waals surface area contributed by atoms with Gasteiger partial charge >= 0.3 is 5.97 Å². The van der Waals surface area contributed by atoms with Crippen LogP contribution in [0.4, 0.5) is 0 Å². The maximum absolute atomic E-state index is 12.7. The highest BCUT2D eigenvalue weighted by molar-refractivity contribution is 5.99. The van der Waals surface area contributed by atoms with Crippen LogP contribution in [0.2, 0.25) is 0 Å². The third-order valence-electron chi connectivity index (χ3n) is 4.98. The Bertz CT molecular complexity index is 817. The molecule has 0 saturated heterocycles. The number of carbonyl (C=O) groups is 2. The van der Waals surface area contributed by atoms with E-state index in [1.165, 1.54) is 0 Å². The molecule has 2 aromatic rings. The lowest BCUT2D eigenvalue weighted by atomic mass is 9.76. The van der Waals surface area contributed by atoms with E-state index in [1.54, 1.807) is 13.2 Å². The zero-order valence-electron chi connectivity index (χ0n) is 14.6. The molecule has 1 saturated carbocycles. The normalized spacial score (nSPS) is 15.3. The average Bonchev–Trinajstić information content (AvgIpc) is 2.85. The molecule has 1 fully saturated rings. The Balaban J connectivity index is 1.91. The third-order valence-corrected chi connectivity index (χ3v) is 4.98. The molecule has 2 N–H and O–H groups in total. The van der Waals surface area contributed by atoms with Crippen LogP contribution in [0.25, 0.3) is 5.69 Å². The first-order valence-corrected chi connectivity index (χ1v) is 8.27. The van der Waals surface area contributed by atoms with Gasteiger partial charge in [-0.3, -0.25) is 4.79 Å². The number of rotatable bonds is 5. The topological polar surface area (TPSA) is 80.6 Å². The molecule has 0 radical (unpaired) electrons. The second-order valence-corrected chi connectivity index (χ2v) is 6.51. The fraction of sp³-hybridized carbons (Fsp3) is 0.368. The number of aliphatic carboxylic acids is 1. The summed E-state index contributed by atoms with van der Waals surface area (Å²) in [6.45, 7) is 3.78. The second-order valence-electron chi connectivity index (χ2n) is 6.51. The molecule has 6 nitrogen and oxygen atoms in total. The van der Waals surface area contributed by atoms with Crippen molar-refractivity contribution in [2.75, 3.05) is 7.11 Å².